The molecule has 0 aromatic carbocycles. The minimum absolute atomic E-state index is 0.0630. The number of nitrogens with two attached hydrogens (primary N) is 2. The molecule has 6 nitrogen and oxygen atoms in total. The molecule has 0 radical (unpaired) electrons. The highest BCUT2D eigenvalue weighted by Crippen LogP contribution is 2.13. The first-order chi connectivity index (χ1) is 8.09. The first kappa shape index (κ1) is 13.6. The Morgan fingerprint density at radius 1 is 1.41 bits per heavy atom. The number of ether oxygens (including phenoxy) is 1. The van der Waals surface area contributed by atoms with E-state index in [1.54, 1.807) is 11.4 Å². The summed E-state index contributed by atoms with van der Waals surface area (Å²) in [5.41, 5.74) is 10.6. The van der Waals surface area contributed by atoms with E-state index in [0.29, 0.717) is 25.3 Å². The zero-order chi connectivity index (χ0) is 12.7. The van der Waals surface area contributed by atoms with Gasteiger partial charge in [0.15, 0.2) is 0 Å². The number of hydrogen-bond acceptors (Lipinski definition) is 5. The van der Waals surface area contributed by atoms with Crippen LogP contribution in [0.2, 0.25) is 0 Å². The Hall–Kier alpha value is -1.44. The molecule has 1 aromatic rings. The number of carbonyl (C=O) groups is 2. The van der Waals surface area contributed by atoms with Crippen molar-refractivity contribution in [3.63, 3.8) is 0 Å². The quantitative estimate of drug-likeness (QED) is 0.542. The van der Waals surface area contributed by atoms with Crippen LogP contribution in [-0.4, -0.2) is 31.6 Å². The van der Waals surface area contributed by atoms with E-state index in [1.165, 1.54) is 11.3 Å². The van der Waals surface area contributed by atoms with Crippen molar-refractivity contribution in [1.29, 1.82) is 0 Å². The molecule has 5 N–H and O–H groups in total. The third-order valence-electron chi connectivity index (χ3n) is 1.91. The lowest BCUT2D eigenvalue weighted by Gasteiger charge is -2.03. The zero-order valence-electron chi connectivity index (χ0n) is 9.27. The van der Waals surface area contributed by atoms with Crippen LogP contribution in [0.5, 0.6) is 0 Å². The van der Waals surface area contributed by atoms with Gasteiger partial charge in [-0.3, -0.25) is 9.59 Å². The molecular weight excluding hydrogens is 242 g/mol. The van der Waals surface area contributed by atoms with Gasteiger partial charge in [-0.15, -0.1) is 11.3 Å². The summed E-state index contributed by atoms with van der Waals surface area (Å²) in [5.74, 6) is -0.897. The lowest BCUT2D eigenvalue weighted by molar-refractivity contribution is -0.122. The Balaban J connectivity index is 2.13. The average Bonchev–Trinajstić information content (AvgIpc) is 2.71. The van der Waals surface area contributed by atoms with Crippen LogP contribution in [-0.2, 0) is 16.1 Å². The second-order valence-electron chi connectivity index (χ2n) is 3.36. The Morgan fingerprint density at radius 2 is 2.18 bits per heavy atom. The Labute approximate surface area is 103 Å². The van der Waals surface area contributed by atoms with E-state index in [-0.39, 0.29) is 6.61 Å². The zero-order valence-corrected chi connectivity index (χ0v) is 10.1. The molecule has 17 heavy (non-hydrogen) atoms. The molecule has 0 saturated carbocycles. The molecule has 0 saturated heterocycles. The highest BCUT2D eigenvalue weighted by atomic mass is 32.1. The standard InChI is InChI=1S/C10H15N3O3S/c11-9(14)5-16-2-1-13-4-8-3-7(6-17-8)10(12)15/h3,6,13H,1-2,4-5H2,(H2,11,14)(H2,12,15). The predicted octanol–water partition coefficient (Wildman–Crippen LogP) is -0.562. The molecule has 0 bridgehead atoms. The highest BCUT2D eigenvalue weighted by Gasteiger charge is 2.03. The van der Waals surface area contributed by atoms with Crippen molar-refractivity contribution in [2.75, 3.05) is 19.8 Å². The number of primary amides is 2. The molecule has 1 rings (SSSR count). The fourth-order valence-electron chi connectivity index (χ4n) is 1.13. The van der Waals surface area contributed by atoms with Gasteiger partial charge in [-0.1, -0.05) is 0 Å². The van der Waals surface area contributed by atoms with Crippen LogP contribution in [0.25, 0.3) is 0 Å². The topological polar surface area (TPSA) is 107 Å². The second kappa shape index (κ2) is 7.00. The lowest BCUT2D eigenvalue weighted by Crippen LogP contribution is -2.23. The van der Waals surface area contributed by atoms with Crippen LogP contribution in [0, 0.1) is 0 Å². The molecule has 2 amide bonds. The highest BCUT2D eigenvalue weighted by molar-refractivity contribution is 7.10. The number of rotatable bonds is 8. The van der Waals surface area contributed by atoms with Crippen LogP contribution in [0.4, 0.5) is 0 Å². The normalized spacial score (nSPS) is 10.4. The van der Waals surface area contributed by atoms with Crippen molar-refractivity contribution in [1.82, 2.24) is 5.32 Å². The van der Waals surface area contributed by atoms with Gasteiger partial charge in [0, 0.05) is 23.3 Å². The van der Waals surface area contributed by atoms with Gasteiger partial charge in [0.2, 0.25) is 11.8 Å². The minimum Gasteiger partial charge on any atom is -0.370 e. The maximum atomic E-state index is 10.8. The van der Waals surface area contributed by atoms with Gasteiger partial charge < -0.3 is 21.5 Å². The van der Waals surface area contributed by atoms with E-state index in [2.05, 4.69) is 5.32 Å². The van der Waals surface area contributed by atoms with Gasteiger partial charge >= 0.3 is 0 Å². The molecule has 94 valence electrons. The summed E-state index contributed by atoms with van der Waals surface area (Å²) < 4.78 is 4.97. The summed E-state index contributed by atoms with van der Waals surface area (Å²) >= 11 is 1.47. The van der Waals surface area contributed by atoms with Gasteiger partial charge in [-0.25, -0.2) is 0 Å². The molecule has 0 aliphatic rings. The van der Waals surface area contributed by atoms with Gasteiger partial charge in [0.25, 0.3) is 0 Å². The van der Waals surface area contributed by atoms with Crippen molar-refractivity contribution in [2.45, 2.75) is 6.54 Å². The van der Waals surface area contributed by atoms with Crippen LogP contribution in [0.1, 0.15) is 15.2 Å². The number of thiophene rings is 1. The molecule has 7 heteroatoms. The van der Waals surface area contributed by atoms with Crippen LogP contribution >= 0.6 is 11.3 Å². The monoisotopic (exact) mass is 257 g/mol. The van der Waals surface area contributed by atoms with Crippen LogP contribution in [0.3, 0.4) is 0 Å². The van der Waals surface area contributed by atoms with Gasteiger partial charge in [0.05, 0.1) is 12.2 Å². The maximum Gasteiger partial charge on any atom is 0.249 e. The van der Waals surface area contributed by atoms with Gasteiger partial charge in [0.1, 0.15) is 6.61 Å². The summed E-state index contributed by atoms with van der Waals surface area (Å²) in [7, 11) is 0. The third-order valence-corrected chi connectivity index (χ3v) is 2.84. The van der Waals surface area contributed by atoms with E-state index >= 15 is 0 Å². The molecule has 1 heterocycles. The molecule has 0 unspecified atom stereocenters. The van der Waals surface area contributed by atoms with Crippen LogP contribution in [0.15, 0.2) is 11.4 Å². The molecule has 0 atom stereocenters. The Kier molecular flexibility index (Phi) is 5.61. The SMILES string of the molecule is NC(=O)COCCNCc1cc(C(N)=O)cs1. The molecule has 1 aromatic heterocycles. The first-order valence-corrected chi connectivity index (χ1v) is 5.91. The largest absolute Gasteiger partial charge is 0.370 e. The van der Waals surface area contributed by atoms with Crippen molar-refractivity contribution < 1.29 is 14.3 Å². The molecule has 0 aliphatic carbocycles. The predicted molar refractivity (Wildman–Crippen MR) is 64.6 cm³/mol. The van der Waals surface area contributed by atoms with Crippen molar-refractivity contribution in [3.05, 3.63) is 21.9 Å². The minimum atomic E-state index is -0.477. The van der Waals surface area contributed by atoms with Crippen LogP contribution < -0.4 is 16.8 Å². The number of carbonyl (C=O) groups excluding carboxylic acids is 2. The van der Waals surface area contributed by atoms with E-state index in [0.717, 1.165) is 4.88 Å². The number of amides is 2. The summed E-state index contributed by atoms with van der Waals surface area (Å²) in [6.45, 7) is 1.60. The summed E-state index contributed by atoms with van der Waals surface area (Å²) in [6.07, 6.45) is 0. The molecule has 0 aliphatic heterocycles. The van der Waals surface area contributed by atoms with Crippen molar-refractivity contribution in [2.24, 2.45) is 11.5 Å². The lowest BCUT2D eigenvalue weighted by atomic mass is 10.3. The van der Waals surface area contributed by atoms with Crippen molar-refractivity contribution in [3.8, 4) is 0 Å². The fourth-order valence-corrected chi connectivity index (χ4v) is 1.97. The van der Waals surface area contributed by atoms with E-state index in [9.17, 15) is 9.59 Å². The summed E-state index contributed by atoms with van der Waals surface area (Å²) in [5, 5.41) is 4.83. The van der Waals surface area contributed by atoms with E-state index in [4.69, 9.17) is 16.2 Å². The fraction of sp³-hybridized carbons (Fsp3) is 0.400. The second-order valence-corrected chi connectivity index (χ2v) is 4.36. The van der Waals surface area contributed by atoms with Crippen molar-refractivity contribution >= 4 is 23.2 Å². The molecular formula is C10H15N3O3S. The Bertz CT molecular complexity index is 392. The summed E-state index contributed by atoms with van der Waals surface area (Å²) in [6, 6.07) is 1.75. The maximum absolute atomic E-state index is 10.8. The molecule has 0 spiro atoms. The number of nitrogens with one attached hydrogen (secondary N) is 1. The van der Waals surface area contributed by atoms with E-state index < -0.39 is 11.8 Å². The average molecular weight is 257 g/mol. The number of hydrogen-bond donors (Lipinski definition) is 3. The molecule has 0 fully saturated rings. The van der Waals surface area contributed by atoms with E-state index in [1.807, 2.05) is 0 Å². The van der Waals surface area contributed by atoms with Gasteiger partial charge in [-0.2, -0.15) is 0 Å². The smallest absolute Gasteiger partial charge is 0.249 e. The third kappa shape index (κ3) is 5.43. The summed E-state index contributed by atoms with van der Waals surface area (Å²) in [4.78, 5) is 22.2. The van der Waals surface area contributed by atoms with Gasteiger partial charge in [-0.05, 0) is 6.07 Å². The Morgan fingerprint density at radius 3 is 2.76 bits per heavy atom. The first-order valence-electron chi connectivity index (χ1n) is 5.03.